The van der Waals surface area contributed by atoms with Crippen molar-refractivity contribution in [2.45, 2.75) is 0 Å². The normalized spacial score (nSPS) is 9.91. The van der Waals surface area contributed by atoms with Gasteiger partial charge in [-0.3, -0.25) is 4.79 Å². The quantitative estimate of drug-likeness (QED) is 0.359. The van der Waals surface area contributed by atoms with Gasteiger partial charge in [0.15, 0.2) is 0 Å². The molecule has 0 saturated heterocycles. The molecule has 0 atom stereocenters. The average molecular weight is 299 g/mol. The summed E-state index contributed by atoms with van der Waals surface area (Å²) in [5, 5.41) is 3.26. The smallest absolute Gasteiger partial charge is 0.249 e. The van der Waals surface area contributed by atoms with Crippen molar-refractivity contribution in [3.05, 3.63) is 94.9 Å². The van der Waals surface area contributed by atoms with Crippen LogP contribution >= 0.6 is 0 Å². The fraction of sp³-hybridized carbons (Fsp3) is 0. The highest BCUT2D eigenvalue weighted by atomic mass is 16.1. The predicted molar refractivity (Wildman–Crippen MR) is 90.8 cm³/mol. The number of azide groups is 1. The third-order valence-electron chi connectivity index (χ3n) is 3.58. The van der Waals surface area contributed by atoms with E-state index >= 15 is 0 Å². The molecule has 0 fully saturated rings. The molecule has 0 spiro atoms. The second-order valence-electron chi connectivity index (χ2n) is 4.95. The van der Waals surface area contributed by atoms with Crippen LogP contribution in [-0.4, -0.2) is 5.91 Å². The second kappa shape index (κ2) is 6.60. The molecule has 0 unspecified atom stereocenters. The van der Waals surface area contributed by atoms with Gasteiger partial charge in [0.25, 0.3) is 0 Å². The molecule has 0 saturated carbocycles. The molecule has 1 amide bonds. The fourth-order valence-electron chi connectivity index (χ4n) is 2.60. The minimum Gasteiger partial charge on any atom is -0.287 e. The second-order valence-corrected chi connectivity index (χ2v) is 4.95. The van der Waals surface area contributed by atoms with E-state index in [0.29, 0.717) is 5.56 Å². The summed E-state index contributed by atoms with van der Waals surface area (Å²) in [5.41, 5.74) is 12.6. The molecule has 4 heteroatoms. The van der Waals surface area contributed by atoms with Crippen molar-refractivity contribution >= 4 is 5.91 Å². The zero-order valence-corrected chi connectivity index (χ0v) is 12.3. The lowest BCUT2D eigenvalue weighted by Gasteiger charge is -2.14. The number of nitrogens with zero attached hydrogens (tertiary/aromatic N) is 3. The van der Waals surface area contributed by atoms with Crippen LogP contribution < -0.4 is 0 Å². The Kier molecular flexibility index (Phi) is 4.18. The summed E-state index contributed by atoms with van der Waals surface area (Å²) < 4.78 is 0. The molecule has 23 heavy (non-hydrogen) atoms. The van der Waals surface area contributed by atoms with Gasteiger partial charge in [0.2, 0.25) is 5.91 Å². The van der Waals surface area contributed by atoms with Crippen molar-refractivity contribution in [1.29, 1.82) is 0 Å². The average Bonchev–Trinajstić information content (AvgIpc) is 2.63. The summed E-state index contributed by atoms with van der Waals surface area (Å²) in [6.07, 6.45) is 0. The number of carbonyl (C=O) groups is 1. The zero-order valence-electron chi connectivity index (χ0n) is 12.3. The molecule has 0 radical (unpaired) electrons. The fourth-order valence-corrected chi connectivity index (χ4v) is 2.60. The van der Waals surface area contributed by atoms with E-state index < -0.39 is 5.91 Å². The molecule has 0 bridgehead atoms. The highest BCUT2D eigenvalue weighted by Crippen LogP contribution is 2.35. The first-order valence-electron chi connectivity index (χ1n) is 7.14. The Bertz CT molecular complexity index is 883. The number of hydrogen-bond acceptors (Lipinski definition) is 1. The lowest BCUT2D eigenvalue weighted by molar-refractivity contribution is 0.100. The van der Waals surface area contributed by atoms with Gasteiger partial charge in [0.1, 0.15) is 0 Å². The van der Waals surface area contributed by atoms with Crippen LogP contribution in [0.3, 0.4) is 0 Å². The van der Waals surface area contributed by atoms with Gasteiger partial charge in [-0.1, -0.05) is 78.9 Å². The van der Waals surface area contributed by atoms with Gasteiger partial charge in [0.05, 0.1) is 0 Å². The number of rotatable bonds is 3. The van der Waals surface area contributed by atoms with Gasteiger partial charge in [-0.15, -0.1) is 0 Å². The largest absolute Gasteiger partial charge is 0.287 e. The van der Waals surface area contributed by atoms with Crippen molar-refractivity contribution in [3.63, 3.8) is 0 Å². The van der Waals surface area contributed by atoms with E-state index in [1.807, 2.05) is 66.7 Å². The van der Waals surface area contributed by atoms with E-state index in [1.165, 1.54) is 0 Å². The maximum atomic E-state index is 12.2. The van der Waals surface area contributed by atoms with Crippen LogP contribution in [0.25, 0.3) is 32.7 Å². The maximum Gasteiger partial charge on any atom is 0.249 e. The summed E-state index contributed by atoms with van der Waals surface area (Å²) in [6.45, 7) is 0. The van der Waals surface area contributed by atoms with E-state index in [2.05, 4.69) is 10.0 Å². The van der Waals surface area contributed by atoms with Crippen molar-refractivity contribution < 1.29 is 4.79 Å². The Morgan fingerprint density at radius 1 is 0.783 bits per heavy atom. The first kappa shape index (κ1) is 14.6. The zero-order chi connectivity index (χ0) is 16.1. The summed E-state index contributed by atoms with van der Waals surface area (Å²) in [7, 11) is 0. The Labute approximate surface area is 133 Å². The lowest BCUT2D eigenvalue weighted by atomic mass is 9.90. The highest BCUT2D eigenvalue weighted by molar-refractivity contribution is 6.05. The molecular weight excluding hydrogens is 286 g/mol. The van der Waals surface area contributed by atoms with Crippen molar-refractivity contribution in [2.75, 3.05) is 0 Å². The SMILES string of the molecule is [N-]=[N+]=NC(=O)c1cccc(-c2ccccc2)c1-c1ccccc1. The van der Waals surface area contributed by atoms with Crippen LogP contribution in [0.2, 0.25) is 0 Å². The third-order valence-corrected chi connectivity index (χ3v) is 3.58. The van der Waals surface area contributed by atoms with E-state index in [-0.39, 0.29) is 0 Å². The lowest BCUT2D eigenvalue weighted by Crippen LogP contribution is -1.99. The van der Waals surface area contributed by atoms with Gasteiger partial charge < -0.3 is 0 Å². The highest BCUT2D eigenvalue weighted by Gasteiger charge is 2.16. The standard InChI is InChI=1S/C19H13N3O/c20-22-21-19(23)17-13-7-12-16(14-8-3-1-4-9-14)18(17)15-10-5-2-6-11-15/h1-13H. The van der Waals surface area contributed by atoms with Crippen LogP contribution in [0.5, 0.6) is 0 Å². The van der Waals surface area contributed by atoms with Crippen LogP contribution in [0.15, 0.2) is 84.0 Å². The van der Waals surface area contributed by atoms with E-state index in [9.17, 15) is 4.79 Å². The van der Waals surface area contributed by atoms with Crippen molar-refractivity contribution in [2.24, 2.45) is 5.11 Å². The minimum absolute atomic E-state index is 0.398. The molecule has 4 nitrogen and oxygen atoms in total. The van der Waals surface area contributed by atoms with Crippen LogP contribution in [0.1, 0.15) is 10.4 Å². The molecule has 3 aromatic carbocycles. The van der Waals surface area contributed by atoms with Gasteiger partial charge in [0, 0.05) is 16.0 Å². The van der Waals surface area contributed by atoms with Crippen molar-refractivity contribution in [3.8, 4) is 22.3 Å². The number of benzene rings is 3. The molecular formula is C19H13N3O. The molecule has 0 aliphatic rings. The van der Waals surface area contributed by atoms with Gasteiger partial charge in [-0.25, -0.2) is 0 Å². The maximum absolute atomic E-state index is 12.2. The van der Waals surface area contributed by atoms with Crippen LogP contribution in [0.4, 0.5) is 0 Å². The van der Waals surface area contributed by atoms with Crippen molar-refractivity contribution in [1.82, 2.24) is 0 Å². The Hall–Kier alpha value is -3.36. The monoisotopic (exact) mass is 299 g/mol. The van der Waals surface area contributed by atoms with Gasteiger partial charge >= 0.3 is 0 Å². The predicted octanol–water partition coefficient (Wildman–Crippen LogP) is 5.47. The topological polar surface area (TPSA) is 65.8 Å². The molecule has 3 aromatic rings. The van der Waals surface area contributed by atoms with E-state index in [4.69, 9.17) is 5.53 Å². The van der Waals surface area contributed by atoms with Gasteiger partial charge in [-0.2, -0.15) is 0 Å². The third kappa shape index (κ3) is 2.98. The molecule has 0 aliphatic carbocycles. The number of amides is 1. The summed E-state index contributed by atoms with van der Waals surface area (Å²) in [6, 6.07) is 24.9. The molecule has 0 N–H and O–H groups in total. The number of hydrogen-bond donors (Lipinski definition) is 0. The van der Waals surface area contributed by atoms with E-state index in [1.54, 1.807) is 12.1 Å². The Balaban J connectivity index is 2.31. The first-order valence-corrected chi connectivity index (χ1v) is 7.14. The Morgan fingerprint density at radius 2 is 1.39 bits per heavy atom. The molecule has 110 valence electrons. The molecule has 3 rings (SSSR count). The molecule has 0 aromatic heterocycles. The molecule has 0 aliphatic heterocycles. The summed E-state index contributed by atoms with van der Waals surface area (Å²) >= 11 is 0. The van der Waals surface area contributed by atoms with Crippen LogP contribution in [0, 0.1) is 0 Å². The van der Waals surface area contributed by atoms with Gasteiger partial charge in [-0.05, 0) is 27.3 Å². The molecule has 0 heterocycles. The number of carbonyl (C=O) groups excluding carboxylic acids is 1. The minimum atomic E-state index is -0.580. The first-order chi connectivity index (χ1) is 11.3. The van der Waals surface area contributed by atoms with E-state index in [0.717, 1.165) is 22.3 Å². The summed E-state index contributed by atoms with van der Waals surface area (Å²) in [5.74, 6) is -0.580. The summed E-state index contributed by atoms with van der Waals surface area (Å²) in [4.78, 5) is 14.8. The van der Waals surface area contributed by atoms with Crippen LogP contribution in [-0.2, 0) is 0 Å². The Morgan fingerprint density at radius 3 is 2.00 bits per heavy atom.